The highest BCUT2D eigenvalue weighted by Gasteiger charge is 2.31. The van der Waals surface area contributed by atoms with E-state index in [9.17, 15) is 5.11 Å². The van der Waals surface area contributed by atoms with Crippen LogP contribution in [0.4, 0.5) is 0 Å². The van der Waals surface area contributed by atoms with Gasteiger partial charge in [0.25, 0.3) is 0 Å². The molecule has 1 N–H and O–H groups in total. The van der Waals surface area contributed by atoms with Crippen LogP contribution in [0.25, 0.3) is 0 Å². The first-order valence-electron chi connectivity index (χ1n) is 6.50. The maximum atomic E-state index is 9.48. The van der Waals surface area contributed by atoms with Crippen molar-refractivity contribution in [2.75, 3.05) is 40.3 Å². The van der Waals surface area contributed by atoms with Crippen LogP contribution in [0.15, 0.2) is 0 Å². The van der Waals surface area contributed by atoms with E-state index in [2.05, 4.69) is 37.7 Å². The molecule has 0 saturated carbocycles. The highest BCUT2D eigenvalue weighted by atomic mass is 16.3. The fraction of sp³-hybridized carbons (Fsp3) is 1.00. The predicted molar refractivity (Wildman–Crippen MR) is 68.6 cm³/mol. The van der Waals surface area contributed by atoms with Crippen LogP contribution in [0.3, 0.4) is 0 Å². The molecule has 0 aromatic heterocycles. The van der Waals surface area contributed by atoms with Crippen molar-refractivity contribution in [3.63, 3.8) is 0 Å². The predicted octanol–water partition coefficient (Wildman–Crippen LogP) is 1.42. The fourth-order valence-electron chi connectivity index (χ4n) is 2.50. The van der Waals surface area contributed by atoms with E-state index in [0.29, 0.717) is 12.6 Å². The molecule has 2 atom stereocenters. The minimum atomic E-state index is 0.0783. The van der Waals surface area contributed by atoms with Crippen molar-refractivity contribution in [3.05, 3.63) is 0 Å². The molecule has 0 bridgehead atoms. The monoisotopic (exact) mass is 228 g/mol. The van der Waals surface area contributed by atoms with Gasteiger partial charge in [0, 0.05) is 31.2 Å². The molecule has 1 rings (SSSR count). The molecule has 1 saturated heterocycles. The van der Waals surface area contributed by atoms with Gasteiger partial charge < -0.3 is 10.0 Å². The van der Waals surface area contributed by atoms with E-state index in [1.807, 2.05) is 0 Å². The fourth-order valence-corrected chi connectivity index (χ4v) is 2.50. The third-order valence-corrected chi connectivity index (χ3v) is 3.90. The number of nitrogens with zero attached hydrogens (tertiary/aromatic N) is 2. The number of likely N-dealkylation sites (N-methyl/N-ethyl adjacent to an activating group) is 1. The van der Waals surface area contributed by atoms with E-state index in [1.165, 1.54) is 19.4 Å². The highest BCUT2D eigenvalue weighted by Crippen LogP contribution is 2.27. The number of aliphatic hydroxyl groups is 1. The van der Waals surface area contributed by atoms with Crippen molar-refractivity contribution in [2.45, 2.75) is 39.2 Å². The largest absolute Gasteiger partial charge is 0.396 e. The van der Waals surface area contributed by atoms with Gasteiger partial charge in [-0.15, -0.1) is 0 Å². The summed E-state index contributed by atoms with van der Waals surface area (Å²) in [5, 5.41) is 9.48. The molecule has 16 heavy (non-hydrogen) atoms. The van der Waals surface area contributed by atoms with Crippen LogP contribution in [0, 0.1) is 5.41 Å². The van der Waals surface area contributed by atoms with E-state index in [-0.39, 0.29) is 5.41 Å². The van der Waals surface area contributed by atoms with Crippen LogP contribution in [0.5, 0.6) is 0 Å². The highest BCUT2D eigenvalue weighted by molar-refractivity contribution is 4.86. The Kier molecular flexibility index (Phi) is 5.22. The summed E-state index contributed by atoms with van der Waals surface area (Å²) < 4.78 is 0. The summed E-state index contributed by atoms with van der Waals surface area (Å²) in [6.07, 6.45) is 3.67. The van der Waals surface area contributed by atoms with Gasteiger partial charge in [0.1, 0.15) is 0 Å². The summed E-state index contributed by atoms with van der Waals surface area (Å²) in [5.41, 5.74) is 0.0783. The van der Waals surface area contributed by atoms with E-state index < -0.39 is 0 Å². The summed E-state index contributed by atoms with van der Waals surface area (Å²) in [5.74, 6) is 0. The van der Waals surface area contributed by atoms with Crippen LogP contribution >= 0.6 is 0 Å². The van der Waals surface area contributed by atoms with Crippen LogP contribution in [-0.2, 0) is 0 Å². The maximum absolute atomic E-state index is 9.48. The molecule has 1 aliphatic rings. The smallest absolute Gasteiger partial charge is 0.0496 e. The van der Waals surface area contributed by atoms with Gasteiger partial charge in [0.05, 0.1) is 0 Å². The van der Waals surface area contributed by atoms with E-state index >= 15 is 0 Å². The molecule has 0 aromatic rings. The normalized spacial score (nSPS) is 26.2. The van der Waals surface area contributed by atoms with Gasteiger partial charge in [0.15, 0.2) is 0 Å². The molecule has 96 valence electrons. The van der Waals surface area contributed by atoms with Crippen LogP contribution in [0.1, 0.15) is 33.1 Å². The summed E-state index contributed by atoms with van der Waals surface area (Å²) in [4.78, 5) is 4.84. The van der Waals surface area contributed by atoms with Crippen molar-refractivity contribution < 1.29 is 5.11 Å². The van der Waals surface area contributed by atoms with Crippen LogP contribution in [-0.4, -0.2) is 61.3 Å². The Morgan fingerprint density at radius 1 is 1.44 bits per heavy atom. The lowest BCUT2D eigenvalue weighted by Gasteiger charge is -2.35. The standard InChI is InChI=1S/C13H28N2O/c1-5-13(2,11-16)10-15-8-6-7-12(15)9-14(3)4/h12,16H,5-11H2,1-4H3. The van der Waals surface area contributed by atoms with Gasteiger partial charge in [-0.25, -0.2) is 0 Å². The topological polar surface area (TPSA) is 26.7 Å². The molecule has 0 spiro atoms. The van der Waals surface area contributed by atoms with Gasteiger partial charge in [-0.05, 0) is 39.9 Å². The van der Waals surface area contributed by atoms with Crippen molar-refractivity contribution >= 4 is 0 Å². The molecular formula is C13H28N2O. The molecule has 1 aliphatic heterocycles. The molecule has 1 fully saturated rings. The average molecular weight is 228 g/mol. The van der Waals surface area contributed by atoms with Crippen molar-refractivity contribution in [1.82, 2.24) is 9.80 Å². The molecule has 0 aromatic carbocycles. The molecular weight excluding hydrogens is 200 g/mol. The van der Waals surface area contributed by atoms with Gasteiger partial charge in [-0.3, -0.25) is 4.90 Å². The summed E-state index contributed by atoms with van der Waals surface area (Å²) in [6.45, 7) is 8.05. The minimum absolute atomic E-state index is 0.0783. The lowest BCUT2D eigenvalue weighted by Crippen LogP contribution is -2.44. The van der Waals surface area contributed by atoms with Crippen molar-refractivity contribution in [2.24, 2.45) is 5.41 Å². The molecule has 0 radical (unpaired) electrons. The Morgan fingerprint density at radius 2 is 2.12 bits per heavy atom. The Labute approximate surface area is 100 Å². The number of hydrogen-bond donors (Lipinski definition) is 1. The zero-order valence-corrected chi connectivity index (χ0v) is 11.4. The second-order valence-corrected chi connectivity index (χ2v) is 5.85. The quantitative estimate of drug-likeness (QED) is 0.745. The first kappa shape index (κ1) is 13.9. The van der Waals surface area contributed by atoms with E-state index in [1.54, 1.807) is 0 Å². The number of hydrogen-bond acceptors (Lipinski definition) is 3. The second-order valence-electron chi connectivity index (χ2n) is 5.85. The molecule has 3 nitrogen and oxygen atoms in total. The molecule has 0 aliphatic carbocycles. The summed E-state index contributed by atoms with van der Waals surface area (Å²) in [7, 11) is 4.28. The molecule has 3 heteroatoms. The molecule has 0 amide bonds. The van der Waals surface area contributed by atoms with Crippen LogP contribution < -0.4 is 0 Å². The minimum Gasteiger partial charge on any atom is -0.396 e. The first-order chi connectivity index (χ1) is 7.50. The van der Waals surface area contributed by atoms with Gasteiger partial charge in [0.2, 0.25) is 0 Å². The SMILES string of the molecule is CCC(C)(CO)CN1CCCC1CN(C)C. The van der Waals surface area contributed by atoms with Crippen molar-refractivity contribution in [1.29, 1.82) is 0 Å². The Hall–Kier alpha value is -0.120. The Balaban J connectivity index is 2.51. The number of likely N-dealkylation sites (tertiary alicyclic amines) is 1. The Morgan fingerprint density at radius 3 is 2.62 bits per heavy atom. The summed E-state index contributed by atoms with van der Waals surface area (Å²) >= 11 is 0. The Bertz CT molecular complexity index is 202. The average Bonchev–Trinajstić information content (AvgIpc) is 2.64. The maximum Gasteiger partial charge on any atom is 0.0496 e. The van der Waals surface area contributed by atoms with Gasteiger partial charge in [-0.1, -0.05) is 13.8 Å². The van der Waals surface area contributed by atoms with Gasteiger partial charge in [-0.2, -0.15) is 0 Å². The lowest BCUT2D eigenvalue weighted by molar-refractivity contribution is 0.0732. The zero-order chi connectivity index (χ0) is 12.2. The third kappa shape index (κ3) is 3.72. The second kappa shape index (κ2) is 5.99. The van der Waals surface area contributed by atoms with E-state index in [0.717, 1.165) is 19.5 Å². The van der Waals surface area contributed by atoms with Gasteiger partial charge >= 0.3 is 0 Å². The zero-order valence-electron chi connectivity index (χ0n) is 11.4. The lowest BCUT2D eigenvalue weighted by atomic mass is 9.88. The van der Waals surface area contributed by atoms with Crippen LogP contribution in [0.2, 0.25) is 0 Å². The third-order valence-electron chi connectivity index (χ3n) is 3.90. The number of aliphatic hydroxyl groups excluding tert-OH is 1. The van der Waals surface area contributed by atoms with Crippen molar-refractivity contribution in [3.8, 4) is 0 Å². The summed E-state index contributed by atoms with van der Waals surface area (Å²) in [6, 6.07) is 0.687. The first-order valence-corrected chi connectivity index (χ1v) is 6.50. The number of rotatable bonds is 6. The molecule has 1 heterocycles. The molecule has 2 unspecified atom stereocenters. The van der Waals surface area contributed by atoms with E-state index in [4.69, 9.17) is 0 Å².